The van der Waals surface area contributed by atoms with Crippen LogP contribution in [0.3, 0.4) is 0 Å². The number of aryl methyl sites for hydroxylation is 1. The average molecular weight is 219 g/mol. The third-order valence-corrected chi connectivity index (χ3v) is 2.54. The van der Waals surface area contributed by atoms with Gasteiger partial charge in [-0.15, -0.1) is 0 Å². The molecule has 5 heteroatoms. The van der Waals surface area contributed by atoms with Gasteiger partial charge in [0, 0.05) is 19.3 Å². The molecule has 1 aromatic rings. The molecule has 0 unspecified atom stereocenters. The summed E-state index contributed by atoms with van der Waals surface area (Å²) < 4.78 is 0. The highest BCUT2D eigenvalue weighted by Gasteiger charge is 2.23. The van der Waals surface area contributed by atoms with Crippen LogP contribution in [0.25, 0.3) is 0 Å². The molecule has 0 aliphatic carbocycles. The third kappa shape index (κ3) is 2.03. The first kappa shape index (κ1) is 10.6. The van der Waals surface area contributed by atoms with Gasteiger partial charge in [0.2, 0.25) is 5.91 Å². The highest BCUT2D eigenvalue weighted by Crippen LogP contribution is 2.08. The molecule has 1 N–H and O–H groups in total. The summed E-state index contributed by atoms with van der Waals surface area (Å²) in [5.41, 5.74) is 1.26. The van der Waals surface area contributed by atoms with Crippen molar-refractivity contribution >= 4 is 11.8 Å². The molecule has 1 saturated heterocycles. The minimum atomic E-state index is -0.173. The average Bonchev–Trinajstić information content (AvgIpc) is 2.29. The van der Waals surface area contributed by atoms with Gasteiger partial charge in [-0.25, -0.2) is 0 Å². The van der Waals surface area contributed by atoms with Gasteiger partial charge in [0.15, 0.2) is 0 Å². The standard InChI is InChI=1S/C11H13N3O2/c1-8-3-2-4-13-10(8)11(16)14-6-5-12-9(15)7-14/h2-4H,5-7H2,1H3,(H,12,15). The molecule has 1 aliphatic rings. The van der Waals surface area contributed by atoms with Crippen LogP contribution in [0.5, 0.6) is 0 Å². The lowest BCUT2D eigenvalue weighted by molar-refractivity contribution is -0.123. The summed E-state index contributed by atoms with van der Waals surface area (Å²) in [4.78, 5) is 28.8. The quantitative estimate of drug-likeness (QED) is 0.721. The van der Waals surface area contributed by atoms with Crippen LogP contribution in [0.15, 0.2) is 18.3 Å². The van der Waals surface area contributed by atoms with E-state index >= 15 is 0 Å². The maximum absolute atomic E-state index is 12.0. The molecule has 5 nitrogen and oxygen atoms in total. The van der Waals surface area contributed by atoms with E-state index in [2.05, 4.69) is 10.3 Å². The first-order valence-corrected chi connectivity index (χ1v) is 5.16. The molecule has 0 aromatic carbocycles. The van der Waals surface area contributed by atoms with Crippen molar-refractivity contribution in [2.45, 2.75) is 6.92 Å². The lowest BCUT2D eigenvalue weighted by Crippen LogP contribution is -2.50. The van der Waals surface area contributed by atoms with Crippen LogP contribution in [0, 0.1) is 6.92 Å². The van der Waals surface area contributed by atoms with Gasteiger partial charge in [-0.05, 0) is 18.6 Å². The fourth-order valence-corrected chi connectivity index (χ4v) is 1.67. The van der Waals surface area contributed by atoms with E-state index in [9.17, 15) is 9.59 Å². The van der Waals surface area contributed by atoms with E-state index in [1.807, 2.05) is 13.0 Å². The van der Waals surface area contributed by atoms with E-state index in [4.69, 9.17) is 0 Å². The number of hydrogen-bond donors (Lipinski definition) is 1. The Morgan fingerprint density at radius 3 is 3.06 bits per heavy atom. The third-order valence-electron chi connectivity index (χ3n) is 2.54. The number of hydrogen-bond acceptors (Lipinski definition) is 3. The fourth-order valence-electron chi connectivity index (χ4n) is 1.67. The molecule has 1 aliphatic heterocycles. The van der Waals surface area contributed by atoms with Crippen LogP contribution < -0.4 is 5.32 Å². The number of piperazine rings is 1. The van der Waals surface area contributed by atoms with Gasteiger partial charge in [-0.3, -0.25) is 14.6 Å². The molecule has 2 amide bonds. The van der Waals surface area contributed by atoms with E-state index in [0.29, 0.717) is 18.8 Å². The highest BCUT2D eigenvalue weighted by molar-refractivity contribution is 5.96. The normalized spacial score (nSPS) is 15.8. The monoisotopic (exact) mass is 219 g/mol. The second-order valence-corrected chi connectivity index (χ2v) is 3.75. The van der Waals surface area contributed by atoms with E-state index < -0.39 is 0 Å². The van der Waals surface area contributed by atoms with Gasteiger partial charge < -0.3 is 10.2 Å². The van der Waals surface area contributed by atoms with Crippen molar-refractivity contribution in [1.29, 1.82) is 0 Å². The predicted molar refractivity (Wildman–Crippen MR) is 57.9 cm³/mol. The van der Waals surface area contributed by atoms with Gasteiger partial charge >= 0.3 is 0 Å². The van der Waals surface area contributed by atoms with Gasteiger partial charge in [-0.1, -0.05) is 6.07 Å². The van der Waals surface area contributed by atoms with Crippen molar-refractivity contribution in [1.82, 2.24) is 15.2 Å². The lowest BCUT2D eigenvalue weighted by atomic mass is 10.2. The minimum Gasteiger partial charge on any atom is -0.353 e. The molecule has 0 saturated carbocycles. The zero-order chi connectivity index (χ0) is 11.5. The van der Waals surface area contributed by atoms with E-state index in [1.54, 1.807) is 12.3 Å². The number of amides is 2. The first-order valence-electron chi connectivity index (χ1n) is 5.16. The van der Waals surface area contributed by atoms with Crippen LogP contribution in [-0.4, -0.2) is 41.3 Å². The molecule has 0 spiro atoms. The maximum atomic E-state index is 12.0. The van der Waals surface area contributed by atoms with Crippen LogP contribution in [-0.2, 0) is 4.79 Å². The smallest absolute Gasteiger partial charge is 0.273 e. The lowest BCUT2D eigenvalue weighted by Gasteiger charge is -2.26. The molecule has 0 atom stereocenters. The second-order valence-electron chi connectivity index (χ2n) is 3.75. The highest BCUT2D eigenvalue weighted by atomic mass is 16.2. The molecule has 2 heterocycles. The molecule has 0 radical (unpaired) electrons. The van der Waals surface area contributed by atoms with Crippen molar-refractivity contribution in [2.24, 2.45) is 0 Å². The van der Waals surface area contributed by atoms with E-state index in [0.717, 1.165) is 5.56 Å². The largest absolute Gasteiger partial charge is 0.353 e. The number of nitrogens with one attached hydrogen (secondary N) is 1. The SMILES string of the molecule is Cc1cccnc1C(=O)N1CCNC(=O)C1. The van der Waals surface area contributed by atoms with E-state index in [1.165, 1.54) is 4.90 Å². The first-order chi connectivity index (χ1) is 7.68. The predicted octanol–water partition coefficient (Wildman–Crippen LogP) is -0.0380. The van der Waals surface area contributed by atoms with Gasteiger partial charge in [-0.2, -0.15) is 0 Å². The Morgan fingerprint density at radius 2 is 2.38 bits per heavy atom. The summed E-state index contributed by atoms with van der Waals surface area (Å²) in [6, 6.07) is 3.62. The minimum absolute atomic E-state index is 0.117. The van der Waals surface area contributed by atoms with Crippen molar-refractivity contribution < 1.29 is 9.59 Å². The van der Waals surface area contributed by atoms with Crippen LogP contribution in [0.1, 0.15) is 16.1 Å². The molecule has 84 valence electrons. The Bertz CT molecular complexity index is 431. The molecule has 0 bridgehead atoms. The molecular formula is C11H13N3O2. The van der Waals surface area contributed by atoms with Gasteiger partial charge in [0.25, 0.3) is 5.91 Å². The number of carbonyl (C=O) groups excluding carboxylic acids is 2. The van der Waals surface area contributed by atoms with Crippen molar-refractivity contribution in [3.8, 4) is 0 Å². The topological polar surface area (TPSA) is 62.3 Å². The molecule has 16 heavy (non-hydrogen) atoms. The van der Waals surface area contributed by atoms with Crippen molar-refractivity contribution in [3.63, 3.8) is 0 Å². The van der Waals surface area contributed by atoms with E-state index in [-0.39, 0.29) is 18.4 Å². The maximum Gasteiger partial charge on any atom is 0.273 e. The van der Waals surface area contributed by atoms with Crippen LogP contribution >= 0.6 is 0 Å². The Balaban J connectivity index is 2.19. The Kier molecular flexibility index (Phi) is 2.85. The summed E-state index contributed by atoms with van der Waals surface area (Å²) in [6.45, 7) is 3.01. The van der Waals surface area contributed by atoms with Crippen LogP contribution in [0.4, 0.5) is 0 Å². The summed E-state index contributed by atoms with van der Waals surface area (Å²) >= 11 is 0. The number of nitrogens with zero attached hydrogens (tertiary/aromatic N) is 2. The Morgan fingerprint density at radius 1 is 1.56 bits per heavy atom. The van der Waals surface area contributed by atoms with Crippen LogP contribution in [0.2, 0.25) is 0 Å². The van der Waals surface area contributed by atoms with Crippen molar-refractivity contribution in [2.75, 3.05) is 19.6 Å². The van der Waals surface area contributed by atoms with Gasteiger partial charge in [0.1, 0.15) is 5.69 Å². The zero-order valence-electron chi connectivity index (χ0n) is 9.06. The summed E-state index contributed by atoms with van der Waals surface area (Å²) in [5, 5.41) is 2.68. The molecule has 1 aromatic heterocycles. The fraction of sp³-hybridized carbons (Fsp3) is 0.364. The number of aromatic nitrogens is 1. The Hall–Kier alpha value is -1.91. The number of rotatable bonds is 1. The second kappa shape index (κ2) is 4.30. The van der Waals surface area contributed by atoms with Crippen molar-refractivity contribution in [3.05, 3.63) is 29.6 Å². The molecular weight excluding hydrogens is 206 g/mol. The summed E-state index contributed by atoms with van der Waals surface area (Å²) in [7, 11) is 0. The summed E-state index contributed by atoms with van der Waals surface area (Å²) in [5.74, 6) is -0.291. The number of carbonyl (C=O) groups is 2. The zero-order valence-corrected chi connectivity index (χ0v) is 9.06. The van der Waals surface area contributed by atoms with Gasteiger partial charge in [0.05, 0.1) is 6.54 Å². The molecule has 2 rings (SSSR count). The number of pyridine rings is 1. The summed E-state index contributed by atoms with van der Waals surface area (Å²) in [6.07, 6.45) is 1.59. The Labute approximate surface area is 93.5 Å². The molecule has 1 fully saturated rings.